The van der Waals surface area contributed by atoms with Crippen LogP contribution in [-0.4, -0.2) is 43.2 Å². The second kappa shape index (κ2) is 7.66. The average Bonchev–Trinajstić information content (AvgIpc) is 2.50. The van der Waals surface area contributed by atoms with Crippen LogP contribution in [0.15, 0.2) is 18.2 Å². The van der Waals surface area contributed by atoms with Gasteiger partial charge >= 0.3 is 0 Å². The molecule has 1 N–H and O–H groups in total. The third-order valence-electron chi connectivity index (χ3n) is 3.71. The lowest BCUT2D eigenvalue weighted by Gasteiger charge is -2.32. The zero-order chi connectivity index (χ0) is 15.2. The van der Waals surface area contributed by atoms with Crippen LogP contribution in [0.5, 0.6) is 0 Å². The van der Waals surface area contributed by atoms with E-state index < -0.39 is 0 Å². The van der Waals surface area contributed by atoms with Gasteiger partial charge in [0, 0.05) is 37.0 Å². The Kier molecular flexibility index (Phi) is 5.88. The van der Waals surface area contributed by atoms with E-state index in [0.29, 0.717) is 10.6 Å². The number of ether oxygens (including phenoxy) is 1. The van der Waals surface area contributed by atoms with Crippen molar-refractivity contribution in [1.29, 1.82) is 0 Å². The number of carbonyl (C=O) groups is 1. The zero-order valence-corrected chi connectivity index (χ0v) is 13.4. The molecule has 0 radical (unpaired) electrons. The summed E-state index contributed by atoms with van der Waals surface area (Å²) in [6.45, 7) is 7.00. The fourth-order valence-corrected chi connectivity index (χ4v) is 2.84. The molecule has 1 aromatic rings. The second-order valence-corrected chi connectivity index (χ2v) is 5.60. The first kappa shape index (κ1) is 16.1. The van der Waals surface area contributed by atoms with Gasteiger partial charge in [-0.2, -0.15) is 0 Å². The monoisotopic (exact) mass is 310 g/mol. The van der Waals surface area contributed by atoms with Crippen molar-refractivity contribution in [1.82, 2.24) is 4.90 Å². The minimum Gasteiger partial charge on any atom is -0.385 e. The number of carbonyl (C=O) groups excluding carboxylic acids is 1. The van der Waals surface area contributed by atoms with Crippen LogP contribution in [0.4, 0.5) is 5.69 Å². The van der Waals surface area contributed by atoms with E-state index in [4.69, 9.17) is 16.3 Å². The van der Waals surface area contributed by atoms with E-state index in [1.54, 1.807) is 12.1 Å². The number of benzene rings is 1. The zero-order valence-electron chi connectivity index (χ0n) is 12.7. The summed E-state index contributed by atoms with van der Waals surface area (Å²) in [6, 6.07) is 5.42. The molecule has 0 bridgehead atoms. The summed E-state index contributed by atoms with van der Waals surface area (Å²) in [5.41, 5.74) is 1.50. The molecule has 5 heteroatoms. The molecule has 0 atom stereocenters. The van der Waals surface area contributed by atoms with Crippen LogP contribution in [0.3, 0.4) is 0 Å². The molecule has 1 aliphatic rings. The summed E-state index contributed by atoms with van der Waals surface area (Å²) < 4.78 is 5.63. The van der Waals surface area contributed by atoms with Gasteiger partial charge in [-0.3, -0.25) is 4.79 Å². The van der Waals surface area contributed by atoms with Gasteiger partial charge in [0.05, 0.1) is 11.7 Å². The van der Waals surface area contributed by atoms with Crippen molar-refractivity contribution in [2.45, 2.75) is 32.8 Å². The number of hydrogen-bond donors (Lipinski definition) is 1. The summed E-state index contributed by atoms with van der Waals surface area (Å²) >= 11 is 6.05. The van der Waals surface area contributed by atoms with Gasteiger partial charge in [0.2, 0.25) is 0 Å². The highest BCUT2D eigenvalue weighted by molar-refractivity contribution is 6.31. The number of piperidine rings is 1. The molecule has 0 aliphatic carbocycles. The first-order valence-corrected chi connectivity index (χ1v) is 7.97. The molecule has 1 fully saturated rings. The Morgan fingerprint density at radius 3 is 2.71 bits per heavy atom. The highest BCUT2D eigenvalue weighted by atomic mass is 35.5. The molecule has 4 nitrogen and oxygen atoms in total. The Morgan fingerprint density at radius 2 is 2.10 bits per heavy atom. The number of amides is 1. The third kappa shape index (κ3) is 4.11. The predicted octanol–water partition coefficient (Wildman–Crippen LogP) is 3.41. The maximum Gasteiger partial charge on any atom is 0.256 e. The first-order chi connectivity index (χ1) is 10.2. The van der Waals surface area contributed by atoms with Crippen molar-refractivity contribution in [2.24, 2.45) is 0 Å². The summed E-state index contributed by atoms with van der Waals surface area (Å²) in [6.07, 6.45) is 2.08. The van der Waals surface area contributed by atoms with E-state index in [9.17, 15) is 4.79 Å². The van der Waals surface area contributed by atoms with Gasteiger partial charge in [-0.1, -0.05) is 11.6 Å². The number of nitrogens with one attached hydrogen (secondary N) is 1. The van der Waals surface area contributed by atoms with E-state index in [1.165, 1.54) is 0 Å². The van der Waals surface area contributed by atoms with E-state index >= 15 is 0 Å². The molecule has 1 amide bonds. The molecule has 1 aliphatic heterocycles. The van der Waals surface area contributed by atoms with E-state index in [2.05, 4.69) is 5.32 Å². The highest BCUT2D eigenvalue weighted by Gasteiger charge is 2.25. The van der Waals surface area contributed by atoms with E-state index in [1.807, 2.05) is 24.8 Å². The van der Waals surface area contributed by atoms with Crippen molar-refractivity contribution >= 4 is 23.2 Å². The van der Waals surface area contributed by atoms with Crippen molar-refractivity contribution < 1.29 is 9.53 Å². The Hall–Kier alpha value is -1.26. The van der Waals surface area contributed by atoms with Crippen LogP contribution in [0.1, 0.15) is 37.0 Å². The van der Waals surface area contributed by atoms with Gasteiger partial charge in [-0.25, -0.2) is 0 Å². The topological polar surface area (TPSA) is 41.6 Å². The smallest absolute Gasteiger partial charge is 0.256 e. The molecule has 0 saturated carbocycles. The van der Waals surface area contributed by atoms with Crippen LogP contribution < -0.4 is 5.32 Å². The second-order valence-electron chi connectivity index (χ2n) is 5.17. The molecular weight excluding hydrogens is 288 g/mol. The average molecular weight is 311 g/mol. The fraction of sp³-hybridized carbons (Fsp3) is 0.562. The minimum absolute atomic E-state index is 0.0448. The maximum atomic E-state index is 12.7. The Labute approximate surface area is 131 Å². The SMILES string of the molecule is CCNc1ccc(Cl)cc1C(=O)N1CCC(OCC)CC1. The number of halogens is 1. The third-order valence-corrected chi connectivity index (χ3v) is 3.95. The van der Waals surface area contributed by atoms with Gasteiger partial charge < -0.3 is 15.0 Å². The quantitative estimate of drug-likeness (QED) is 0.906. The number of anilines is 1. The molecule has 1 heterocycles. The molecule has 0 unspecified atom stereocenters. The van der Waals surface area contributed by atoms with Crippen LogP contribution in [-0.2, 0) is 4.74 Å². The van der Waals surface area contributed by atoms with Crippen LogP contribution in [0.2, 0.25) is 5.02 Å². The van der Waals surface area contributed by atoms with Gasteiger partial charge in [-0.15, -0.1) is 0 Å². The van der Waals surface area contributed by atoms with Crippen molar-refractivity contribution in [3.8, 4) is 0 Å². The lowest BCUT2D eigenvalue weighted by atomic mass is 10.1. The largest absolute Gasteiger partial charge is 0.385 e. The molecule has 116 valence electrons. The summed E-state index contributed by atoms with van der Waals surface area (Å²) in [5, 5.41) is 3.81. The minimum atomic E-state index is 0.0448. The lowest BCUT2D eigenvalue weighted by Crippen LogP contribution is -2.41. The number of nitrogens with zero attached hydrogens (tertiary/aromatic N) is 1. The van der Waals surface area contributed by atoms with Crippen molar-refractivity contribution in [2.75, 3.05) is 31.6 Å². The number of likely N-dealkylation sites (tertiary alicyclic amines) is 1. The highest BCUT2D eigenvalue weighted by Crippen LogP contribution is 2.24. The number of hydrogen-bond acceptors (Lipinski definition) is 3. The van der Waals surface area contributed by atoms with Crippen LogP contribution in [0.25, 0.3) is 0 Å². The Morgan fingerprint density at radius 1 is 1.38 bits per heavy atom. The summed E-state index contributed by atoms with van der Waals surface area (Å²) in [5.74, 6) is 0.0448. The molecule has 0 spiro atoms. The lowest BCUT2D eigenvalue weighted by molar-refractivity contribution is 0.0146. The molecule has 1 saturated heterocycles. The fourth-order valence-electron chi connectivity index (χ4n) is 2.67. The Bertz CT molecular complexity index is 485. The molecular formula is C16H23ClN2O2. The predicted molar refractivity (Wildman–Crippen MR) is 86.2 cm³/mol. The molecule has 1 aromatic carbocycles. The molecule has 2 rings (SSSR count). The van der Waals surface area contributed by atoms with Gasteiger partial charge in [0.25, 0.3) is 5.91 Å². The molecule has 21 heavy (non-hydrogen) atoms. The normalized spacial score (nSPS) is 16.0. The summed E-state index contributed by atoms with van der Waals surface area (Å²) in [4.78, 5) is 14.6. The van der Waals surface area contributed by atoms with Crippen molar-refractivity contribution in [3.63, 3.8) is 0 Å². The van der Waals surface area contributed by atoms with Gasteiger partial charge in [0.1, 0.15) is 0 Å². The Balaban J connectivity index is 2.08. The van der Waals surface area contributed by atoms with E-state index in [0.717, 1.165) is 44.8 Å². The van der Waals surface area contributed by atoms with E-state index in [-0.39, 0.29) is 12.0 Å². The first-order valence-electron chi connectivity index (χ1n) is 7.60. The summed E-state index contributed by atoms with van der Waals surface area (Å²) in [7, 11) is 0. The number of rotatable bonds is 5. The standard InChI is InChI=1S/C16H23ClN2O2/c1-3-18-15-6-5-12(17)11-14(15)16(20)19-9-7-13(8-10-19)21-4-2/h5-6,11,13,18H,3-4,7-10H2,1-2H3. The van der Waals surface area contributed by atoms with Crippen LogP contribution in [0, 0.1) is 0 Å². The maximum absolute atomic E-state index is 12.7. The van der Waals surface area contributed by atoms with Gasteiger partial charge in [0.15, 0.2) is 0 Å². The van der Waals surface area contributed by atoms with Crippen LogP contribution >= 0.6 is 11.6 Å². The molecule has 0 aromatic heterocycles. The van der Waals surface area contributed by atoms with Crippen molar-refractivity contribution in [3.05, 3.63) is 28.8 Å². The van der Waals surface area contributed by atoms with Gasteiger partial charge in [-0.05, 0) is 44.9 Å².